The number of nitrogens with zero attached hydrogens (tertiary/aromatic N) is 1. The Morgan fingerprint density at radius 3 is 2.53 bits per heavy atom. The summed E-state index contributed by atoms with van der Waals surface area (Å²) in [6.07, 6.45) is 9.73. The van der Waals surface area contributed by atoms with Crippen LogP contribution in [0.3, 0.4) is 0 Å². The van der Waals surface area contributed by atoms with E-state index in [1.807, 2.05) is 0 Å². The zero-order chi connectivity index (χ0) is 12.1. The van der Waals surface area contributed by atoms with E-state index in [-0.39, 0.29) is 0 Å². The Morgan fingerprint density at radius 2 is 1.94 bits per heavy atom. The molecule has 1 heterocycles. The Labute approximate surface area is 107 Å². The van der Waals surface area contributed by atoms with Crippen LogP contribution in [0.2, 0.25) is 0 Å². The highest BCUT2D eigenvalue weighted by molar-refractivity contribution is 4.87. The van der Waals surface area contributed by atoms with Crippen molar-refractivity contribution >= 4 is 0 Å². The van der Waals surface area contributed by atoms with Gasteiger partial charge in [-0.05, 0) is 70.0 Å². The number of likely N-dealkylation sites (tertiary alicyclic amines) is 1. The minimum atomic E-state index is 0.659. The molecule has 1 aliphatic heterocycles. The number of rotatable bonds is 8. The Bertz CT molecular complexity index is 219. The van der Waals surface area contributed by atoms with Crippen molar-refractivity contribution in [1.29, 1.82) is 0 Å². The fourth-order valence-corrected chi connectivity index (χ4v) is 3.10. The predicted octanol–water partition coefficient (Wildman–Crippen LogP) is 3.03. The second-order valence-corrected chi connectivity index (χ2v) is 6.17. The van der Waals surface area contributed by atoms with Gasteiger partial charge in [0.1, 0.15) is 0 Å². The Morgan fingerprint density at radius 1 is 1.18 bits per heavy atom. The van der Waals surface area contributed by atoms with Crippen molar-refractivity contribution in [3.8, 4) is 0 Å². The maximum Gasteiger partial charge on any atom is 0.00682 e. The van der Waals surface area contributed by atoms with Crippen molar-refractivity contribution in [2.24, 2.45) is 5.41 Å². The van der Waals surface area contributed by atoms with E-state index in [1.165, 1.54) is 71.1 Å². The fraction of sp³-hybridized carbons (Fsp3) is 1.00. The van der Waals surface area contributed by atoms with Crippen molar-refractivity contribution in [3.05, 3.63) is 0 Å². The van der Waals surface area contributed by atoms with E-state index in [4.69, 9.17) is 0 Å². The third kappa shape index (κ3) is 3.96. The van der Waals surface area contributed by atoms with Crippen LogP contribution in [0.1, 0.15) is 58.8 Å². The maximum atomic E-state index is 3.60. The first-order chi connectivity index (χ1) is 8.28. The summed E-state index contributed by atoms with van der Waals surface area (Å²) in [5.74, 6) is 0. The smallest absolute Gasteiger partial charge is 0.00682 e. The molecule has 17 heavy (non-hydrogen) atoms. The van der Waals surface area contributed by atoms with Crippen molar-refractivity contribution < 1.29 is 0 Å². The highest BCUT2D eigenvalue weighted by Gasteiger charge is 2.34. The van der Waals surface area contributed by atoms with E-state index in [2.05, 4.69) is 24.1 Å². The number of nitrogens with one attached hydrogen (secondary N) is 1. The summed E-state index contributed by atoms with van der Waals surface area (Å²) >= 11 is 0. The molecule has 0 unspecified atom stereocenters. The van der Waals surface area contributed by atoms with Crippen LogP contribution < -0.4 is 5.32 Å². The molecule has 0 radical (unpaired) electrons. The summed E-state index contributed by atoms with van der Waals surface area (Å²) in [5, 5.41) is 3.60. The first-order valence-corrected chi connectivity index (χ1v) is 7.74. The molecule has 0 spiro atoms. The van der Waals surface area contributed by atoms with Crippen LogP contribution in [0.4, 0.5) is 0 Å². The lowest BCUT2D eigenvalue weighted by molar-refractivity contribution is 0.238. The molecule has 0 aromatic carbocycles. The van der Waals surface area contributed by atoms with Gasteiger partial charge in [0.25, 0.3) is 0 Å². The van der Waals surface area contributed by atoms with Gasteiger partial charge < -0.3 is 10.2 Å². The summed E-state index contributed by atoms with van der Waals surface area (Å²) < 4.78 is 0. The van der Waals surface area contributed by atoms with Gasteiger partial charge in [-0.2, -0.15) is 0 Å². The van der Waals surface area contributed by atoms with Gasteiger partial charge in [0.05, 0.1) is 0 Å². The lowest BCUT2D eigenvalue weighted by Gasteiger charge is -2.26. The van der Waals surface area contributed by atoms with E-state index in [0.29, 0.717) is 5.41 Å². The van der Waals surface area contributed by atoms with Gasteiger partial charge in [-0.25, -0.2) is 0 Å². The van der Waals surface area contributed by atoms with Crippen molar-refractivity contribution in [2.75, 3.05) is 26.2 Å². The van der Waals surface area contributed by atoms with Gasteiger partial charge in [-0.1, -0.05) is 13.8 Å². The molecule has 2 rings (SSSR count). The highest BCUT2D eigenvalue weighted by atomic mass is 15.2. The molecule has 1 N–H and O–H groups in total. The summed E-state index contributed by atoms with van der Waals surface area (Å²) in [6, 6.07) is 0.884. The molecule has 1 aliphatic carbocycles. The van der Waals surface area contributed by atoms with Gasteiger partial charge in [0.15, 0.2) is 0 Å². The zero-order valence-corrected chi connectivity index (χ0v) is 11.8. The predicted molar refractivity (Wildman–Crippen MR) is 74.3 cm³/mol. The maximum absolute atomic E-state index is 3.60. The van der Waals surface area contributed by atoms with Crippen LogP contribution >= 0.6 is 0 Å². The lowest BCUT2D eigenvalue weighted by Crippen LogP contribution is -2.27. The van der Waals surface area contributed by atoms with Crippen LogP contribution in [0, 0.1) is 5.41 Å². The summed E-state index contributed by atoms with van der Waals surface area (Å²) in [6.45, 7) is 10.0. The van der Waals surface area contributed by atoms with Gasteiger partial charge >= 0.3 is 0 Å². The molecule has 0 atom stereocenters. The van der Waals surface area contributed by atoms with E-state index in [0.717, 1.165) is 6.04 Å². The largest absolute Gasteiger partial charge is 0.314 e. The molecule has 100 valence electrons. The zero-order valence-electron chi connectivity index (χ0n) is 11.8. The van der Waals surface area contributed by atoms with Gasteiger partial charge in [-0.3, -0.25) is 0 Å². The SMILES string of the molecule is CCC1(CC)CCN(CCCCNC2CC2)C1. The van der Waals surface area contributed by atoms with E-state index in [1.54, 1.807) is 0 Å². The summed E-state index contributed by atoms with van der Waals surface area (Å²) in [4.78, 5) is 2.70. The summed E-state index contributed by atoms with van der Waals surface area (Å²) in [7, 11) is 0. The molecule has 1 saturated heterocycles. The van der Waals surface area contributed by atoms with E-state index in [9.17, 15) is 0 Å². The van der Waals surface area contributed by atoms with Gasteiger partial charge in [-0.15, -0.1) is 0 Å². The first kappa shape index (κ1) is 13.4. The fourth-order valence-electron chi connectivity index (χ4n) is 3.10. The quantitative estimate of drug-likeness (QED) is 0.654. The minimum absolute atomic E-state index is 0.659. The van der Waals surface area contributed by atoms with Crippen LogP contribution in [0.5, 0.6) is 0 Å². The lowest BCUT2D eigenvalue weighted by atomic mass is 9.82. The van der Waals surface area contributed by atoms with Crippen LogP contribution in [-0.2, 0) is 0 Å². The summed E-state index contributed by atoms with van der Waals surface area (Å²) in [5.41, 5.74) is 0.659. The monoisotopic (exact) mass is 238 g/mol. The number of hydrogen-bond donors (Lipinski definition) is 1. The van der Waals surface area contributed by atoms with Crippen molar-refractivity contribution in [2.45, 2.75) is 64.8 Å². The van der Waals surface area contributed by atoms with E-state index < -0.39 is 0 Å². The second kappa shape index (κ2) is 6.19. The molecule has 0 aromatic rings. The molecule has 0 amide bonds. The van der Waals surface area contributed by atoms with Gasteiger partial charge in [0, 0.05) is 12.6 Å². The molecular formula is C15H30N2. The average Bonchev–Trinajstić information content (AvgIpc) is 3.08. The first-order valence-electron chi connectivity index (χ1n) is 7.74. The van der Waals surface area contributed by atoms with E-state index >= 15 is 0 Å². The molecular weight excluding hydrogens is 208 g/mol. The molecule has 1 saturated carbocycles. The van der Waals surface area contributed by atoms with Gasteiger partial charge in [0.2, 0.25) is 0 Å². The van der Waals surface area contributed by atoms with Crippen LogP contribution in [-0.4, -0.2) is 37.1 Å². The number of unbranched alkanes of at least 4 members (excludes halogenated alkanes) is 1. The molecule has 0 bridgehead atoms. The molecule has 0 aromatic heterocycles. The van der Waals surface area contributed by atoms with Crippen molar-refractivity contribution in [1.82, 2.24) is 10.2 Å². The number of hydrogen-bond acceptors (Lipinski definition) is 2. The standard InChI is InChI=1S/C15H30N2/c1-3-15(4-2)9-12-17(13-15)11-6-5-10-16-14-7-8-14/h14,16H,3-13H2,1-2H3. The van der Waals surface area contributed by atoms with Crippen LogP contribution in [0.15, 0.2) is 0 Å². The van der Waals surface area contributed by atoms with Crippen molar-refractivity contribution in [3.63, 3.8) is 0 Å². The Kier molecular flexibility index (Phi) is 4.87. The normalized spacial score (nSPS) is 24.4. The third-order valence-corrected chi connectivity index (χ3v) is 4.93. The molecule has 2 heteroatoms. The molecule has 2 fully saturated rings. The Hall–Kier alpha value is -0.0800. The average molecular weight is 238 g/mol. The topological polar surface area (TPSA) is 15.3 Å². The molecule has 2 nitrogen and oxygen atoms in total. The van der Waals surface area contributed by atoms with Crippen LogP contribution in [0.25, 0.3) is 0 Å². The third-order valence-electron chi connectivity index (χ3n) is 4.93. The highest BCUT2D eigenvalue weighted by Crippen LogP contribution is 2.36. The Balaban J connectivity index is 1.54. The second-order valence-electron chi connectivity index (χ2n) is 6.17. The minimum Gasteiger partial charge on any atom is -0.314 e. The molecule has 2 aliphatic rings.